The summed E-state index contributed by atoms with van der Waals surface area (Å²) in [6, 6.07) is 8.70. The van der Waals surface area contributed by atoms with E-state index in [1.165, 1.54) is 35.9 Å². The Labute approximate surface area is 120 Å². The summed E-state index contributed by atoms with van der Waals surface area (Å²) < 4.78 is 7.52. The van der Waals surface area contributed by atoms with Gasteiger partial charge in [0.05, 0.1) is 0 Å². The van der Waals surface area contributed by atoms with Crippen LogP contribution in [0.15, 0.2) is 30.5 Å². The van der Waals surface area contributed by atoms with Crippen LogP contribution in [0.5, 0.6) is 0 Å². The Bertz CT molecular complexity index is 557. The minimum atomic E-state index is 0.821. The lowest BCUT2D eigenvalue weighted by atomic mass is 10.2. The van der Waals surface area contributed by atoms with Gasteiger partial charge in [-0.05, 0) is 43.4 Å². The molecule has 2 aromatic rings. The summed E-state index contributed by atoms with van der Waals surface area (Å²) in [5.74, 6) is 0.935. The van der Waals surface area contributed by atoms with Crippen LogP contribution in [0.2, 0.25) is 0 Å². The molecule has 0 atom stereocenters. The van der Waals surface area contributed by atoms with Crippen LogP contribution in [0.1, 0.15) is 24.8 Å². The lowest BCUT2D eigenvalue weighted by molar-refractivity contribution is 0.190. The molecule has 1 aliphatic carbocycles. The van der Waals surface area contributed by atoms with E-state index in [1.54, 1.807) is 7.11 Å². The van der Waals surface area contributed by atoms with E-state index in [0.29, 0.717) is 0 Å². The number of para-hydroxylation sites is 1. The molecule has 0 saturated heterocycles. The lowest BCUT2D eigenvalue weighted by Gasteiger charge is -2.04. The van der Waals surface area contributed by atoms with Crippen molar-refractivity contribution in [3.63, 3.8) is 0 Å². The molecule has 3 nitrogen and oxygen atoms in total. The Balaban J connectivity index is 1.72. The second-order valence-electron chi connectivity index (χ2n) is 5.79. The molecule has 0 spiro atoms. The fourth-order valence-electron chi connectivity index (χ4n) is 2.76. The van der Waals surface area contributed by atoms with Crippen LogP contribution in [0, 0.1) is 5.92 Å². The molecule has 1 aliphatic rings. The first-order valence-corrected chi connectivity index (χ1v) is 7.65. The summed E-state index contributed by atoms with van der Waals surface area (Å²) in [7, 11) is 1.76. The molecule has 0 bridgehead atoms. The van der Waals surface area contributed by atoms with Crippen molar-refractivity contribution < 1.29 is 4.74 Å². The van der Waals surface area contributed by atoms with Crippen LogP contribution < -0.4 is 5.32 Å². The van der Waals surface area contributed by atoms with Crippen LogP contribution >= 0.6 is 0 Å². The van der Waals surface area contributed by atoms with E-state index in [0.717, 1.165) is 32.0 Å². The predicted molar refractivity (Wildman–Crippen MR) is 82.9 cm³/mol. The third-order valence-electron chi connectivity index (χ3n) is 4.06. The summed E-state index contributed by atoms with van der Waals surface area (Å²) in [5.41, 5.74) is 2.76. The molecule has 1 saturated carbocycles. The standard InChI is InChI=1S/C17H24N2O/c1-20-10-4-9-19-13-15(12-18-11-14-7-8-14)16-5-2-3-6-17(16)19/h2-3,5-6,13-14,18H,4,7-12H2,1H3. The van der Waals surface area contributed by atoms with Gasteiger partial charge in [-0.1, -0.05) is 18.2 Å². The third-order valence-corrected chi connectivity index (χ3v) is 4.06. The molecule has 1 N–H and O–H groups in total. The fourth-order valence-corrected chi connectivity index (χ4v) is 2.76. The van der Waals surface area contributed by atoms with Crippen molar-refractivity contribution in [2.24, 2.45) is 5.92 Å². The molecule has 3 rings (SSSR count). The number of nitrogens with one attached hydrogen (secondary N) is 1. The number of benzene rings is 1. The molecule has 1 fully saturated rings. The molecular formula is C17H24N2O. The van der Waals surface area contributed by atoms with Gasteiger partial charge in [0.25, 0.3) is 0 Å². The first-order chi connectivity index (χ1) is 9.88. The second kappa shape index (κ2) is 6.42. The molecule has 0 aliphatic heterocycles. The molecule has 1 aromatic carbocycles. The molecule has 1 aromatic heterocycles. The van der Waals surface area contributed by atoms with Crippen molar-refractivity contribution in [1.29, 1.82) is 0 Å². The molecule has 0 unspecified atom stereocenters. The summed E-state index contributed by atoms with van der Waals surface area (Å²) in [4.78, 5) is 0. The van der Waals surface area contributed by atoms with E-state index >= 15 is 0 Å². The van der Waals surface area contributed by atoms with Gasteiger partial charge < -0.3 is 14.6 Å². The molecule has 0 amide bonds. The smallest absolute Gasteiger partial charge is 0.0483 e. The molecule has 1 heterocycles. The largest absolute Gasteiger partial charge is 0.385 e. The Kier molecular flexibility index (Phi) is 4.38. The Morgan fingerprint density at radius 1 is 1.30 bits per heavy atom. The normalized spacial score (nSPS) is 15.1. The number of aryl methyl sites for hydroxylation is 1. The van der Waals surface area contributed by atoms with Crippen molar-refractivity contribution in [3.05, 3.63) is 36.0 Å². The maximum atomic E-state index is 5.15. The molecule has 3 heteroatoms. The fraction of sp³-hybridized carbons (Fsp3) is 0.529. The quantitative estimate of drug-likeness (QED) is 0.747. The highest BCUT2D eigenvalue weighted by molar-refractivity contribution is 5.83. The van der Waals surface area contributed by atoms with E-state index in [2.05, 4.69) is 40.3 Å². The van der Waals surface area contributed by atoms with E-state index in [-0.39, 0.29) is 0 Å². The Hall–Kier alpha value is -1.32. The van der Waals surface area contributed by atoms with Crippen molar-refractivity contribution >= 4 is 10.9 Å². The van der Waals surface area contributed by atoms with Crippen molar-refractivity contribution in [1.82, 2.24) is 9.88 Å². The van der Waals surface area contributed by atoms with E-state index in [1.807, 2.05) is 0 Å². The molecular weight excluding hydrogens is 248 g/mol. The van der Waals surface area contributed by atoms with Crippen LogP contribution in [-0.2, 0) is 17.8 Å². The summed E-state index contributed by atoms with van der Waals surface area (Å²) >= 11 is 0. The van der Waals surface area contributed by atoms with E-state index in [4.69, 9.17) is 4.74 Å². The minimum Gasteiger partial charge on any atom is -0.385 e. The van der Waals surface area contributed by atoms with Gasteiger partial charge in [-0.3, -0.25) is 0 Å². The first-order valence-electron chi connectivity index (χ1n) is 7.65. The Morgan fingerprint density at radius 2 is 2.15 bits per heavy atom. The molecule has 108 valence electrons. The zero-order valence-corrected chi connectivity index (χ0v) is 12.3. The first kappa shape index (κ1) is 13.7. The number of hydrogen-bond donors (Lipinski definition) is 1. The van der Waals surface area contributed by atoms with Crippen LogP contribution in [-0.4, -0.2) is 24.8 Å². The number of methoxy groups -OCH3 is 1. The summed E-state index contributed by atoms with van der Waals surface area (Å²) in [6.07, 6.45) is 6.18. The highest BCUT2D eigenvalue weighted by Crippen LogP contribution is 2.28. The SMILES string of the molecule is COCCCn1cc(CNCC2CC2)c2ccccc21. The highest BCUT2D eigenvalue weighted by Gasteiger charge is 2.20. The topological polar surface area (TPSA) is 26.2 Å². The Morgan fingerprint density at radius 3 is 2.95 bits per heavy atom. The lowest BCUT2D eigenvalue weighted by Crippen LogP contribution is -2.15. The monoisotopic (exact) mass is 272 g/mol. The molecule has 20 heavy (non-hydrogen) atoms. The van der Waals surface area contributed by atoms with E-state index < -0.39 is 0 Å². The van der Waals surface area contributed by atoms with Gasteiger partial charge in [-0.15, -0.1) is 0 Å². The minimum absolute atomic E-state index is 0.821. The van der Waals surface area contributed by atoms with Gasteiger partial charge in [0.15, 0.2) is 0 Å². The number of hydrogen-bond acceptors (Lipinski definition) is 2. The number of aromatic nitrogens is 1. The van der Waals surface area contributed by atoms with Gasteiger partial charge in [-0.2, -0.15) is 0 Å². The predicted octanol–water partition coefficient (Wildman–Crippen LogP) is 3.18. The van der Waals surface area contributed by atoms with Crippen molar-refractivity contribution in [2.45, 2.75) is 32.4 Å². The number of ether oxygens (including phenoxy) is 1. The number of nitrogens with zero attached hydrogens (tertiary/aromatic N) is 1. The van der Waals surface area contributed by atoms with Gasteiger partial charge >= 0.3 is 0 Å². The zero-order valence-electron chi connectivity index (χ0n) is 12.3. The third kappa shape index (κ3) is 3.22. The van der Waals surface area contributed by atoms with Crippen LogP contribution in [0.25, 0.3) is 10.9 Å². The van der Waals surface area contributed by atoms with Gasteiger partial charge in [0.2, 0.25) is 0 Å². The summed E-state index contributed by atoms with van der Waals surface area (Å²) in [5, 5.41) is 4.98. The van der Waals surface area contributed by atoms with Gasteiger partial charge in [0, 0.05) is 43.9 Å². The van der Waals surface area contributed by atoms with E-state index in [9.17, 15) is 0 Å². The van der Waals surface area contributed by atoms with Gasteiger partial charge in [0.1, 0.15) is 0 Å². The highest BCUT2D eigenvalue weighted by atomic mass is 16.5. The van der Waals surface area contributed by atoms with Crippen molar-refractivity contribution in [2.75, 3.05) is 20.3 Å². The number of rotatable bonds is 8. The van der Waals surface area contributed by atoms with Crippen molar-refractivity contribution in [3.8, 4) is 0 Å². The van der Waals surface area contributed by atoms with Crippen LogP contribution in [0.4, 0.5) is 0 Å². The zero-order chi connectivity index (χ0) is 13.8. The average Bonchev–Trinajstić information content (AvgIpc) is 3.23. The van der Waals surface area contributed by atoms with Gasteiger partial charge in [-0.25, -0.2) is 0 Å². The maximum absolute atomic E-state index is 5.15. The second-order valence-corrected chi connectivity index (χ2v) is 5.79. The van der Waals surface area contributed by atoms with Crippen LogP contribution in [0.3, 0.4) is 0 Å². The maximum Gasteiger partial charge on any atom is 0.0483 e. The number of fused-ring (bicyclic) bond motifs is 1. The average molecular weight is 272 g/mol. The molecule has 0 radical (unpaired) electrons. The summed E-state index contributed by atoms with van der Waals surface area (Å²) in [6.45, 7) is 4.00.